The van der Waals surface area contributed by atoms with E-state index in [0.717, 1.165) is 27.4 Å². The number of benzene rings is 1. The fourth-order valence-electron chi connectivity index (χ4n) is 2.73. The van der Waals surface area contributed by atoms with Crippen LogP contribution in [0.2, 0.25) is 0 Å². The lowest BCUT2D eigenvalue weighted by Crippen LogP contribution is -2.30. The van der Waals surface area contributed by atoms with Crippen LogP contribution in [0.5, 0.6) is 0 Å². The third-order valence-electron chi connectivity index (χ3n) is 3.86. The van der Waals surface area contributed by atoms with Crippen LogP contribution < -0.4 is 11.3 Å². The zero-order chi connectivity index (χ0) is 17.1. The number of H-pyrrole nitrogens is 1. The smallest absolute Gasteiger partial charge is 0.283 e. The van der Waals surface area contributed by atoms with Gasteiger partial charge in [-0.15, -0.1) is 0 Å². The third-order valence-corrected chi connectivity index (χ3v) is 3.86. The van der Waals surface area contributed by atoms with Gasteiger partial charge in [-0.2, -0.15) is 0 Å². The van der Waals surface area contributed by atoms with E-state index in [-0.39, 0.29) is 5.69 Å². The number of nitrogens with one attached hydrogen (secondary N) is 2. The predicted molar refractivity (Wildman–Crippen MR) is 98.2 cm³/mol. The summed E-state index contributed by atoms with van der Waals surface area (Å²) in [5, 5.41) is 1.96. The molecule has 5 heteroatoms. The number of allylic oxidation sites excluding steroid dienone is 5. The largest absolute Gasteiger partial charge is 0.353 e. The monoisotopic (exact) mass is 318 g/mol. The van der Waals surface area contributed by atoms with Gasteiger partial charge in [0.25, 0.3) is 5.91 Å². The highest BCUT2D eigenvalue weighted by atomic mass is 16.2. The zero-order valence-electron chi connectivity index (χ0n) is 13.3. The number of carbonyl (C=O) groups is 1. The fraction of sp³-hybridized carbons (Fsp3) is 0.0526. The van der Waals surface area contributed by atoms with Crippen LogP contribution in [0, 0.1) is 0 Å². The third kappa shape index (κ3) is 2.61. The maximum atomic E-state index is 12.0. The molecule has 3 aromatic rings. The van der Waals surface area contributed by atoms with Crippen molar-refractivity contribution in [3.63, 3.8) is 0 Å². The summed E-state index contributed by atoms with van der Waals surface area (Å²) in [5.74, 6) is 4.86. The maximum Gasteiger partial charge on any atom is 0.283 e. The summed E-state index contributed by atoms with van der Waals surface area (Å²) in [6.07, 6.45) is 7.38. The topological polar surface area (TPSA) is 83.8 Å². The van der Waals surface area contributed by atoms with Crippen LogP contribution >= 0.6 is 0 Å². The lowest BCUT2D eigenvalue weighted by molar-refractivity contribution is 0.0949. The number of nitrogen functional groups attached to an aromatic ring is 1. The summed E-state index contributed by atoms with van der Waals surface area (Å²) in [5.41, 5.74) is 5.88. The lowest BCUT2D eigenvalue weighted by Gasteiger charge is -2.07. The molecule has 0 aliphatic carbocycles. The molecule has 4 N–H and O–H groups in total. The first-order valence-corrected chi connectivity index (χ1v) is 7.57. The van der Waals surface area contributed by atoms with E-state index in [1.165, 1.54) is 0 Å². The van der Waals surface area contributed by atoms with Crippen molar-refractivity contribution >= 4 is 33.3 Å². The van der Waals surface area contributed by atoms with Gasteiger partial charge in [-0.1, -0.05) is 49.1 Å². The van der Waals surface area contributed by atoms with Crippen LogP contribution in [-0.4, -0.2) is 15.9 Å². The Kier molecular flexibility index (Phi) is 4.26. The van der Waals surface area contributed by atoms with Crippen molar-refractivity contribution in [1.82, 2.24) is 15.4 Å². The molecule has 0 aliphatic heterocycles. The number of nitrogens with zero attached hydrogens (tertiary/aromatic N) is 1. The average molecular weight is 318 g/mol. The van der Waals surface area contributed by atoms with E-state index in [2.05, 4.69) is 22.0 Å². The second-order valence-corrected chi connectivity index (χ2v) is 5.26. The molecule has 3 rings (SSSR count). The van der Waals surface area contributed by atoms with Gasteiger partial charge in [-0.05, 0) is 24.6 Å². The molecule has 1 amide bonds. The first-order chi connectivity index (χ1) is 11.7. The number of para-hydroxylation sites is 1. The number of amides is 1. The first-order valence-electron chi connectivity index (χ1n) is 7.57. The Morgan fingerprint density at radius 1 is 1.33 bits per heavy atom. The second kappa shape index (κ2) is 6.52. The van der Waals surface area contributed by atoms with Crippen LogP contribution in [-0.2, 0) is 0 Å². The molecule has 1 aromatic carbocycles. The fourth-order valence-corrected chi connectivity index (χ4v) is 2.73. The highest BCUT2D eigenvalue weighted by Crippen LogP contribution is 2.31. The van der Waals surface area contributed by atoms with E-state index in [9.17, 15) is 4.79 Å². The van der Waals surface area contributed by atoms with Gasteiger partial charge in [-0.3, -0.25) is 10.2 Å². The normalized spacial score (nSPS) is 12.2. The number of aromatic nitrogens is 2. The minimum atomic E-state index is -0.424. The number of hydrogen-bond donors (Lipinski definition) is 3. The van der Waals surface area contributed by atoms with Crippen LogP contribution in [0.4, 0.5) is 0 Å². The van der Waals surface area contributed by atoms with Gasteiger partial charge in [0.15, 0.2) is 0 Å². The van der Waals surface area contributed by atoms with Gasteiger partial charge >= 0.3 is 0 Å². The number of carbonyl (C=O) groups excluding carboxylic acids is 1. The molecule has 0 unspecified atom stereocenters. The Morgan fingerprint density at radius 3 is 2.83 bits per heavy atom. The van der Waals surface area contributed by atoms with E-state index in [4.69, 9.17) is 5.84 Å². The van der Waals surface area contributed by atoms with Gasteiger partial charge in [0.1, 0.15) is 5.69 Å². The summed E-state index contributed by atoms with van der Waals surface area (Å²) < 4.78 is 0. The van der Waals surface area contributed by atoms with Gasteiger partial charge in [0, 0.05) is 16.3 Å². The van der Waals surface area contributed by atoms with Gasteiger partial charge in [-0.25, -0.2) is 10.8 Å². The average Bonchev–Trinajstić information content (AvgIpc) is 3.00. The Hall–Kier alpha value is -3.18. The molecule has 2 heterocycles. The van der Waals surface area contributed by atoms with Crippen molar-refractivity contribution < 1.29 is 4.79 Å². The number of fused-ring (bicyclic) bond motifs is 3. The lowest BCUT2D eigenvalue weighted by atomic mass is 10.1. The molecule has 0 saturated heterocycles. The predicted octanol–water partition coefficient (Wildman–Crippen LogP) is 3.47. The summed E-state index contributed by atoms with van der Waals surface area (Å²) in [6.45, 7) is 5.62. The molecule has 120 valence electrons. The molecule has 0 fully saturated rings. The number of pyridine rings is 1. The van der Waals surface area contributed by atoms with Crippen molar-refractivity contribution in [2.75, 3.05) is 0 Å². The summed E-state index contributed by atoms with van der Waals surface area (Å²) >= 11 is 0. The van der Waals surface area contributed by atoms with E-state index >= 15 is 0 Å². The molecule has 2 aromatic heterocycles. The van der Waals surface area contributed by atoms with Crippen molar-refractivity contribution in [2.24, 2.45) is 5.84 Å². The Morgan fingerprint density at radius 2 is 2.12 bits per heavy atom. The molecule has 0 aliphatic rings. The van der Waals surface area contributed by atoms with Crippen LogP contribution in [0.15, 0.2) is 61.2 Å². The molecule has 0 spiro atoms. The summed E-state index contributed by atoms with van der Waals surface area (Å²) in [7, 11) is 0. The van der Waals surface area contributed by atoms with Crippen molar-refractivity contribution in [3.8, 4) is 0 Å². The van der Waals surface area contributed by atoms with Crippen molar-refractivity contribution in [2.45, 2.75) is 6.92 Å². The van der Waals surface area contributed by atoms with E-state index < -0.39 is 5.91 Å². The zero-order valence-corrected chi connectivity index (χ0v) is 13.3. The quantitative estimate of drug-likeness (QED) is 0.298. The number of nitrogens with two attached hydrogens (primary N) is 1. The number of rotatable bonds is 4. The highest BCUT2D eigenvalue weighted by Gasteiger charge is 2.16. The summed E-state index contributed by atoms with van der Waals surface area (Å²) in [4.78, 5) is 19.9. The molecule has 0 atom stereocenters. The van der Waals surface area contributed by atoms with E-state index in [0.29, 0.717) is 5.69 Å². The minimum Gasteiger partial charge on any atom is -0.353 e. The highest BCUT2D eigenvalue weighted by molar-refractivity contribution is 6.12. The molecule has 0 radical (unpaired) electrons. The number of hydrogen-bond acceptors (Lipinski definition) is 3. The second-order valence-electron chi connectivity index (χ2n) is 5.26. The standard InChI is InChI=1S/C19H18N4O/c1-3-5-8-12(4-2)17-18-14(11-16(22-17)19(24)23-20)13-9-6-7-10-15(13)21-18/h3-11,21H,1,20H2,2H3,(H,23,24)/b8-5-,12-4+. The summed E-state index contributed by atoms with van der Waals surface area (Å²) in [6, 6.07) is 9.69. The SMILES string of the molecule is C=C/C=C\C(=C/C)c1nc(C(=O)NN)cc2c1[nH]c1ccccc12. The molecule has 0 bridgehead atoms. The molecular weight excluding hydrogens is 300 g/mol. The van der Waals surface area contributed by atoms with Gasteiger partial charge < -0.3 is 4.98 Å². The maximum absolute atomic E-state index is 12.0. The Bertz CT molecular complexity index is 995. The van der Waals surface area contributed by atoms with E-state index in [1.54, 1.807) is 12.1 Å². The molecular formula is C19H18N4O. The van der Waals surface area contributed by atoms with Crippen LogP contribution in [0.25, 0.3) is 27.4 Å². The van der Waals surface area contributed by atoms with Crippen molar-refractivity contribution in [3.05, 3.63) is 72.6 Å². The Balaban J connectivity index is 2.39. The molecule has 5 nitrogen and oxygen atoms in total. The van der Waals surface area contributed by atoms with Crippen LogP contribution in [0.1, 0.15) is 23.1 Å². The van der Waals surface area contributed by atoms with Crippen molar-refractivity contribution in [1.29, 1.82) is 0 Å². The van der Waals surface area contributed by atoms with E-state index in [1.807, 2.05) is 49.4 Å². The number of hydrazine groups is 1. The first kappa shape index (κ1) is 15.7. The molecule has 0 saturated carbocycles. The van der Waals surface area contributed by atoms with Crippen LogP contribution in [0.3, 0.4) is 0 Å². The number of aromatic amines is 1. The van der Waals surface area contributed by atoms with Gasteiger partial charge in [0.2, 0.25) is 0 Å². The minimum absolute atomic E-state index is 0.274. The van der Waals surface area contributed by atoms with Gasteiger partial charge in [0.05, 0.1) is 11.2 Å². The Labute approximate surface area is 139 Å². The molecule has 24 heavy (non-hydrogen) atoms.